The van der Waals surface area contributed by atoms with Gasteiger partial charge in [-0.1, -0.05) is 11.2 Å². The highest BCUT2D eigenvalue weighted by Gasteiger charge is 2.00. The van der Waals surface area contributed by atoms with Gasteiger partial charge in [0, 0.05) is 0 Å². The summed E-state index contributed by atoms with van der Waals surface area (Å²) in [5.74, 6) is 0.147. The molecule has 1 rings (SSSR count). The van der Waals surface area contributed by atoms with Crippen LogP contribution in [0.2, 0.25) is 0 Å². The van der Waals surface area contributed by atoms with Gasteiger partial charge in [0.2, 0.25) is 0 Å². The summed E-state index contributed by atoms with van der Waals surface area (Å²) in [6.45, 7) is 0. The second-order valence-corrected chi connectivity index (χ2v) is 1.68. The third-order valence-corrected chi connectivity index (χ3v) is 0.922. The molecule has 4 nitrogen and oxygen atoms in total. The Morgan fingerprint density at radius 1 is 1.60 bits per heavy atom. The topological polar surface area (TPSA) is 71.5 Å². The minimum absolute atomic E-state index is 0.122. The molecular weight excluding hydrogens is 130 g/mol. The van der Waals surface area contributed by atoms with Crippen LogP contribution < -0.4 is 5.73 Å². The van der Waals surface area contributed by atoms with Crippen molar-refractivity contribution in [1.29, 1.82) is 5.41 Å². The molecule has 3 N–H and O–H groups in total. The Bertz CT molecular complexity index is 227. The molecule has 0 aliphatic carbocycles. The Kier molecular flexibility index (Phi) is 1.84. The molecule has 0 spiro atoms. The second-order valence-electron chi connectivity index (χ2n) is 1.68. The molecule has 1 aliphatic heterocycles. The van der Waals surface area contributed by atoms with E-state index in [1.54, 1.807) is 18.2 Å². The van der Waals surface area contributed by atoms with Crippen LogP contribution in [0.4, 0.5) is 0 Å². The fourth-order valence-electron chi connectivity index (χ4n) is 0.484. The minimum Gasteiger partial charge on any atom is -0.381 e. The van der Waals surface area contributed by atoms with E-state index in [4.69, 9.17) is 11.1 Å². The molecule has 0 saturated heterocycles. The number of nitrogens with one attached hydrogen (secondary N) is 1. The lowest BCUT2D eigenvalue weighted by molar-refractivity contribution is 0.250. The van der Waals surface area contributed by atoms with Crippen LogP contribution in [0.15, 0.2) is 29.1 Å². The average molecular weight is 137 g/mol. The first-order valence-corrected chi connectivity index (χ1v) is 2.72. The number of nitrogens with two attached hydrogens (primary N) is 1. The molecule has 10 heavy (non-hydrogen) atoms. The number of oxime groups is 1. The summed E-state index contributed by atoms with van der Waals surface area (Å²) in [5, 5.41) is 10.4. The summed E-state index contributed by atoms with van der Waals surface area (Å²) in [6.07, 6.45) is 6.45. The van der Waals surface area contributed by atoms with E-state index in [2.05, 4.69) is 9.99 Å². The van der Waals surface area contributed by atoms with Crippen molar-refractivity contribution in [3.05, 3.63) is 24.0 Å². The highest BCUT2D eigenvalue weighted by Crippen LogP contribution is 1.99. The first-order valence-electron chi connectivity index (χ1n) is 2.72. The van der Waals surface area contributed by atoms with E-state index < -0.39 is 0 Å². The summed E-state index contributed by atoms with van der Waals surface area (Å²) in [5.41, 5.74) is 5.12. The third-order valence-electron chi connectivity index (χ3n) is 0.922. The van der Waals surface area contributed by atoms with Crippen LogP contribution >= 0.6 is 0 Å². The molecule has 0 saturated carbocycles. The fraction of sp³-hybridized carbons (Fsp3) is 0. The van der Waals surface area contributed by atoms with Crippen molar-refractivity contribution >= 4 is 12.1 Å². The first-order chi connectivity index (χ1) is 4.80. The van der Waals surface area contributed by atoms with E-state index in [-0.39, 0.29) is 11.6 Å². The van der Waals surface area contributed by atoms with Crippen LogP contribution in [-0.4, -0.2) is 12.1 Å². The molecule has 1 heterocycles. The molecule has 0 amide bonds. The highest BCUT2D eigenvalue weighted by atomic mass is 16.6. The van der Waals surface area contributed by atoms with Gasteiger partial charge >= 0.3 is 0 Å². The summed E-state index contributed by atoms with van der Waals surface area (Å²) in [4.78, 5) is 4.68. The lowest BCUT2D eigenvalue weighted by atomic mass is 10.4. The zero-order valence-electron chi connectivity index (χ0n) is 5.24. The van der Waals surface area contributed by atoms with Crippen LogP contribution in [0.3, 0.4) is 0 Å². The van der Waals surface area contributed by atoms with Crippen molar-refractivity contribution in [2.75, 3.05) is 0 Å². The standard InChI is InChI=1S/C6H7N3O/c7-6(8)5-3-1-2-4-9-10-5/h1-4H,(H3,7,8). The third kappa shape index (κ3) is 1.45. The molecule has 0 atom stereocenters. The minimum atomic E-state index is -0.122. The lowest BCUT2D eigenvalue weighted by Crippen LogP contribution is -2.13. The van der Waals surface area contributed by atoms with Crippen LogP contribution in [0.25, 0.3) is 0 Å². The Morgan fingerprint density at radius 2 is 2.40 bits per heavy atom. The monoisotopic (exact) mass is 137 g/mol. The maximum Gasteiger partial charge on any atom is 0.199 e. The molecule has 0 radical (unpaired) electrons. The van der Waals surface area contributed by atoms with E-state index in [1.165, 1.54) is 6.21 Å². The molecule has 0 bridgehead atoms. The summed E-state index contributed by atoms with van der Waals surface area (Å²) in [7, 11) is 0. The van der Waals surface area contributed by atoms with Gasteiger partial charge in [-0.15, -0.1) is 0 Å². The van der Waals surface area contributed by atoms with Gasteiger partial charge in [-0.3, -0.25) is 5.41 Å². The molecule has 0 fully saturated rings. The summed E-state index contributed by atoms with van der Waals surface area (Å²) in [6, 6.07) is 0. The van der Waals surface area contributed by atoms with Gasteiger partial charge in [-0.2, -0.15) is 0 Å². The number of amidine groups is 1. The van der Waals surface area contributed by atoms with Crippen molar-refractivity contribution in [1.82, 2.24) is 0 Å². The average Bonchev–Trinajstić information content (AvgIpc) is 2.12. The zero-order chi connectivity index (χ0) is 7.40. The summed E-state index contributed by atoms with van der Waals surface area (Å²) >= 11 is 0. The number of nitrogens with zero attached hydrogens (tertiary/aromatic N) is 1. The largest absolute Gasteiger partial charge is 0.381 e. The molecule has 0 unspecified atom stereocenters. The fourth-order valence-corrected chi connectivity index (χ4v) is 0.484. The number of rotatable bonds is 1. The van der Waals surface area contributed by atoms with Crippen molar-refractivity contribution in [3.8, 4) is 0 Å². The van der Waals surface area contributed by atoms with Gasteiger partial charge in [0.05, 0.1) is 6.21 Å². The zero-order valence-corrected chi connectivity index (χ0v) is 5.24. The van der Waals surface area contributed by atoms with Crippen LogP contribution in [-0.2, 0) is 4.84 Å². The quantitative estimate of drug-likeness (QED) is 0.405. The van der Waals surface area contributed by atoms with Crippen molar-refractivity contribution in [3.63, 3.8) is 0 Å². The van der Waals surface area contributed by atoms with Crippen LogP contribution in [0.1, 0.15) is 0 Å². The molecule has 1 aliphatic rings. The maximum atomic E-state index is 6.96. The van der Waals surface area contributed by atoms with E-state index in [0.29, 0.717) is 0 Å². The SMILES string of the molecule is N=C(N)C1=CC=CC=NO1. The molecule has 0 aromatic rings. The van der Waals surface area contributed by atoms with Crippen molar-refractivity contribution < 1.29 is 4.84 Å². The van der Waals surface area contributed by atoms with Gasteiger partial charge in [0.1, 0.15) is 0 Å². The number of allylic oxidation sites excluding steroid dienone is 3. The number of hydrogen-bond acceptors (Lipinski definition) is 3. The molecule has 0 aromatic carbocycles. The second kappa shape index (κ2) is 2.82. The van der Waals surface area contributed by atoms with Crippen LogP contribution in [0, 0.1) is 5.41 Å². The van der Waals surface area contributed by atoms with Gasteiger partial charge in [0.15, 0.2) is 11.6 Å². The van der Waals surface area contributed by atoms with E-state index in [0.717, 1.165) is 0 Å². The normalized spacial score (nSPS) is 15.4. The predicted molar refractivity (Wildman–Crippen MR) is 38.7 cm³/mol. The van der Waals surface area contributed by atoms with E-state index in [9.17, 15) is 0 Å². The maximum absolute atomic E-state index is 6.96. The predicted octanol–water partition coefficient (Wildman–Crippen LogP) is 0.378. The summed E-state index contributed by atoms with van der Waals surface area (Å²) < 4.78 is 0. The Balaban J connectivity index is 2.78. The first kappa shape index (κ1) is 6.54. The van der Waals surface area contributed by atoms with Crippen molar-refractivity contribution in [2.24, 2.45) is 10.9 Å². The van der Waals surface area contributed by atoms with Gasteiger partial charge < -0.3 is 10.6 Å². The number of hydrogen-bond donors (Lipinski definition) is 2. The van der Waals surface area contributed by atoms with E-state index >= 15 is 0 Å². The van der Waals surface area contributed by atoms with Gasteiger partial charge in [-0.25, -0.2) is 0 Å². The Labute approximate surface area is 58.2 Å². The smallest absolute Gasteiger partial charge is 0.199 e. The Morgan fingerprint density at radius 3 is 3.10 bits per heavy atom. The van der Waals surface area contributed by atoms with E-state index in [1.807, 2.05) is 0 Å². The van der Waals surface area contributed by atoms with Crippen molar-refractivity contribution in [2.45, 2.75) is 0 Å². The van der Waals surface area contributed by atoms with Crippen LogP contribution in [0.5, 0.6) is 0 Å². The molecular formula is C6H7N3O. The van der Waals surface area contributed by atoms with Gasteiger partial charge in [0.25, 0.3) is 0 Å². The molecule has 52 valence electrons. The highest BCUT2D eigenvalue weighted by molar-refractivity contribution is 5.93. The molecule has 0 aromatic heterocycles. The lowest BCUT2D eigenvalue weighted by Gasteiger charge is -1.97. The molecule has 4 heteroatoms. The Hall–Kier alpha value is -1.58. The van der Waals surface area contributed by atoms with Gasteiger partial charge in [-0.05, 0) is 12.2 Å².